The van der Waals surface area contributed by atoms with E-state index in [0.29, 0.717) is 12.5 Å². The second kappa shape index (κ2) is 12.7. The molecule has 1 aliphatic heterocycles. The number of ether oxygens (including phenoxy) is 2. The molecule has 1 unspecified atom stereocenters. The molecule has 7 nitrogen and oxygen atoms in total. The van der Waals surface area contributed by atoms with Crippen LogP contribution in [0.4, 0.5) is 5.69 Å². The first-order chi connectivity index (χ1) is 14.6. The summed E-state index contributed by atoms with van der Waals surface area (Å²) >= 11 is 0. The molecule has 0 fully saturated rings. The Morgan fingerprint density at radius 2 is 1.70 bits per heavy atom. The summed E-state index contributed by atoms with van der Waals surface area (Å²) in [5.74, 6) is -2.18. The van der Waals surface area contributed by atoms with Crippen molar-refractivity contribution in [3.8, 4) is 0 Å². The molecule has 1 aromatic carbocycles. The van der Waals surface area contributed by atoms with Crippen molar-refractivity contribution in [3.63, 3.8) is 0 Å². The molecule has 1 heterocycles. The average Bonchev–Trinajstić information content (AvgIpc) is 2.77. The van der Waals surface area contributed by atoms with Gasteiger partial charge in [-0.05, 0) is 31.1 Å². The zero-order valence-electron chi connectivity index (χ0n) is 18.0. The van der Waals surface area contributed by atoms with E-state index in [1.54, 1.807) is 11.1 Å². The molecule has 2 rings (SSSR count). The van der Waals surface area contributed by atoms with E-state index in [1.807, 2.05) is 30.3 Å². The molecule has 0 aromatic heterocycles. The lowest BCUT2D eigenvalue weighted by Crippen LogP contribution is -2.40. The van der Waals surface area contributed by atoms with Gasteiger partial charge in [-0.3, -0.25) is 4.79 Å². The lowest BCUT2D eigenvalue weighted by molar-refractivity contribution is -0.154. The highest BCUT2D eigenvalue weighted by Gasteiger charge is 2.34. The minimum absolute atomic E-state index is 0.0339. The summed E-state index contributed by atoms with van der Waals surface area (Å²) in [5, 5.41) is 5.88. The number of carbonyl (C=O) groups is 2. The van der Waals surface area contributed by atoms with E-state index in [2.05, 4.69) is 18.9 Å². The van der Waals surface area contributed by atoms with Crippen LogP contribution in [0.3, 0.4) is 0 Å². The third-order valence-corrected chi connectivity index (χ3v) is 4.77. The Kier molecular flexibility index (Phi) is 9.91. The number of amidine groups is 1. The van der Waals surface area contributed by atoms with Crippen molar-refractivity contribution in [2.24, 2.45) is 16.8 Å². The van der Waals surface area contributed by atoms with Crippen molar-refractivity contribution in [2.75, 3.05) is 18.2 Å². The highest BCUT2D eigenvalue weighted by Crippen LogP contribution is 2.26. The molecule has 1 aliphatic rings. The van der Waals surface area contributed by atoms with Gasteiger partial charge in [-0.1, -0.05) is 64.2 Å². The molecule has 30 heavy (non-hydrogen) atoms. The van der Waals surface area contributed by atoms with Crippen molar-refractivity contribution < 1.29 is 19.1 Å². The van der Waals surface area contributed by atoms with Gasteiger partial charge in [0.1, 0.15) is 11.8 Å². The number of hydrogen-bond donors (Lipinski definition) is 1. The second-order valence-corrected chi connectivity index (χ2v) is 7.27. The number of rotatable bonds is 13. The van der Waals surface area contributed by atoms with Gasteiger partial charge in [0.15, 0.2) is 0 Å². The summed E-state index contributed by atoms with van der Waals surface area (Å²) in [6.45, 7) is 4.91. The summed E-state index contributed by atoms with van der Waals surface area (Å²) in [6.07, 6.45) is 8.50. The lowest BCUT2D eigenvalue weighted by Gasteiger charge is -2.28. The van der Waals surface area contributed by atoms with Crippen molar-refractivity contribution in [1.82, 2.24) is 0 Å². The molecule has 7 heteroatoms. The Labute approximate surface area is 178 Å². The van der Waals surface area contributed by atoms with Crippen LogP contribution >= 0.6 is 0 Å². The van der Waals surface area contributed by atoms with Gasteiger partial charge in [0, 0.05) is 0 Å². The van der Waals surface area contributed by atoms with E-state index in [1.165, 1.54) is 0 Å². The predicted molar refractivity (Wildman–Crippen MR) is 118 cm³/mol. The number of carbonyl (C=O) groups excluding carboxylic acids is 2. The largest absolute Gasteiger partial charge is 0.478 e. The number of unbranched alkanes of at least 4 members (excludes halogenated alkanes) is 5. The summed E-state index contributed by atoms with van der Waals surface area (Å²) < 4.78 is 11.0. The number of para-hydroxylation sites is 1. The van der Waals surface area contributed by atoms with Gasteiger partial charge in [-0.2, -0.15) is 10.1 Å². The van der Waals surface area contributed by atoms with E-state index < -0.39 is 17.7 Å². The smallest absolute Gasteiger partial charge is 0.375 e. The topological polar surface area (TPSA) is 94.2 Å². The highest BCUT2D eigenvalue weighted by atomic mass is 16.5. The SMILES string of the molecule is CCCCCCCOC(=O)C(=O)C1C=C(OCCCC)N(c2ccccc2)N=C1N. The number of nitrogens with two attached hydrogens (primary N) is 1. The minimum atomic E-state index is -0.991. The number of nitrogens with zero attached hydrogens (tertiary/aromatic N) is 2. The molecule has 1 aromatic rings. The molecule has 0 radical (unpaired) electrons. The Morgan fingerprint density at radius 1 is 1.00 bits per heavy atom. The highest BCUT2D eigenvalue weighted by molar-refractivity contribution is 6.39. The van der Waals surface area contributed by atoms with Crippen LogP contribution in [-0.4, -0.2) is 30.8 Å². The van der Waals surface area contributed by atoms with Crippen LogP contribution in [0.15, 0.2) is 47.4 Å². The van der Waals surface area contributed by atoms with Crippen LogP contribution < -0.4 is 10.7 Å². The van der Waals surface area contributed by atoms with Crippen molar-refractivity contribution in [1.29, 1.82) is 0 Å². The number of hydrazone groups is 1. The van der Waals surface area contributed by atoms with Gasteiger partial charge in [-0.25, -0.2) is 4.79 Å². The first kappa shape index (κ1) is 23.4. The molecule has 2 N–H and O–H groups in total. The van der Waals surface area contributed by atoms with E-state index >= 15 is 0 Å². The van der Waals surface area contributed by atoms with E-state index in [-0.39, 0.29) is 12.4 Å². The van der Waals surface area contributed by atoms with E-state index in [0.717, 1.165) is 50.6 Å². The molecule has 0 saturated carbocycles. The molecule has 0 spiro atoms. The molecular weight excluding hydrogens is 382 g/mol. The quantitative estimate of drug-likeness (QED) is 0.296. The van der Waals surface area contributed by atoms with Gasteiger partial charge in [0.25, 0.3) is 5.78 Å². The van der Waals surface area contributed by atoms with Crippen LogP contribution in [0.1, 0.15) is 58.8 Å². The van der Waals surface area contributed by atoms with Gasteiger partial charge < -0.3 is 15.2 Å². The summed E-state index contributed by atoms with van der Waals surface area (Å²) in [7, 11) is 0. The fourth-order valence-corrected chi connectivity index (χ4v) is 2.99. The fraction of sp³-hybridized carbons (Fsp3) is 0.522. The molecule has 0 amide bonds. The van der Waals surface area contributed by atoms with E-state index in [4.69, 9.17) is 15.2 Å². The van der Waals surface area contributed by atoms with Crippen molar-refractivity contribution in [2.45, 2.75) is 58.8 Å². The third-order valence-electron chi connectivity index (χ3n) is 4.77. The van der Waals surface area contributed by atoms with Crippen molar-refractivity contribution in [3.05, 3.63) is 42.3 Å². The lowest BCUT2D eigenvalue weighted by atomic mass is 10.0. The number of anilines is 1. The zero-order valence-corrected chi connectivity index (χ0v) is 18.0. The van der Waals surface area contributed by atoms with Gasteiger partial charge in [-0.15, -0.1) is 0 Å². The average molecular weight is 416 g/mol. The molecule has 164 valence electrons. The van der Waals surface area contributed by atoms with Gasteiger partial charge in [0.05, 0.1) is 18.9 Å². The standard InChI is InChI=1S/C23H33N3O4/c1-3-5-7-8-12-16-30-23(28)21(27)19-17-20(29-15-6-4-2)26(25-22(19)24)18-13-10-9-11-14-18/h9-11,13-14,17,19H,3-8,12,15-16H2,1-2H3,(H2,24,25). The predicted octanol–water partition coefficient (Wildman–Crippen LogP) is 4.14. The number of ketones is 1. The van der Waals surface area contributed by atoms with Gasteiger partial charge in [0.2, 0.25) is 5.88 Å². The first-order valence-corrected chi connectivity index (χ1v) is 10.8. The Morgan fingerprint density at radius 3 is 2.40 bits per heavy atom. The molecule has 0 bridgehead atoms. The molecule has 1 atom stereocenters. The Hall–Kier alpha value is -2.83. The number of hydrogen-bond acceptors (Lipinski definition) is 7. The van der Waals surface area contributed by atoms with Crippen LogP contribution in [0.25, 0.3) is 0 Å². The maximum absolute atomic E-state index is 12.6. The molecule has 0 aliphatic carbocycles. The van der Waals surface area contributed by atoms with Crippen LogP contribution in [0.5, 0.6) is 0 Å². The molecular formula is C23H33N3O4. The van der Waals surface area contributed by atoms with Crippen LogP contribution in [0, 0.1) is 5.92 Å². The summed E-state index contributed by atoms with van der Waals surface area (Å²) in [5.41, 5.74) is 6.81. The maximum Gasteiger partial charge on any atom is 0.375 e. The summed E-state index contributed by atoms with van der Waals surface area (Å²) in [6, 6.07) is 9.37. The van der Waals surface area contributed by atoms with Gasteiger partial charge >= 0.3 is 5.97 Å². The molecule has 0 saturated heterocycles. The zero-order chi connectivity index (χ0) is 21.8. The van der Waals surface area contributed by atoms with E-state index in [9.17, 15) is 9.59 Å². The number of Topliss-reactive ketones (excluding diaryl/α,β-unsaturated/α-hetero) is 1. The van der Waals surface area contributed by atoms with Crippen LogP contribution in [0.2, 0.25) is 0 Å². The normalized spacial score (nSPS) is 15.9. The third kappa shape index (κ3) is 6.90. The van der Waals surface area contributed by atoms with Crippen molar-refractivity contribution >= 4 is 23.3 Å². The minimum Gasteiger partial charge on any atom is -0.478 e. The Bertz CT molecular complexity index is 746. The maximum atomic E-state index is 12.6. The monoisotopic (exact) mass is 415 g/mol. The fourth-order valence-electron chi connectivity index (χ4n) is 2.99. The number of esters is 1. The summed E-state index contributed by atoms with van der Waals surface area (Å²) in [4.78, 5) is 24.9. The number of benzene rings is 1. The first-order valence-electron chi connectivity index (χ1n) is 10.8. The second-order valence-electron chi connectivity index (χ2n) is 7.27. The Balaban J connectivity index is 2.05. The van der Waals surface area contributed by atoms with Crippen LogP contribution in [-0.2, 0) is 19.1 Å².